The van der Waals surface area contributed by atoms with Crippen LogP contribution in [0.25, 0.3) is 10.2 Å². The number of anilines is 1. The minimum atomic E-state index is -0.860. The van der Waals surface area contributed by atoms with Crippen molar-refractivity contribution in [2.75, 3.05) is 11.4 Å². The molecule has 0 aromatic carbocycles. The number of carbonyl (C=O) groups is 1. The lowest BCUT2D eigenvalue weighted by Gasteiger charge is -2.26. The number of carboxylic acid groups (broad SMARTS) is 1. The Morgan fingerprint density at radius 1 is 1.53 bits per heavy atom. The van der Waals surface area contributed by atoms with Crippen molar-refractivity contribution in [3.8, 4) is 0 Å². The standard InChI is InChI=1S/C11H13N3O2S/c1-7(2)14(5-9(15)16)10-8-3-4-17-11(8)13-6-12-10/h3-4,6-7H,5H2,1-2H3,(H,15,16). The Labute approximate surface area is 103 Å². The van der Waals surface area contributed by atoms with Gasteiger partial charge < -0.3 is 10.0 Å². The van der Waals surface area contributed by atoms with Crippen molar-refractivity contribution in [3.05, 3.63) is 17.8 Å². The summed E-state index contributed by atoms with van der Waals surface area (Å²) in [4.78, 5) is 21.9. The highest BCUT2D eigenvalue weighted by Crippen LogP contribution is 2.27. The Kier molecular flexibility index (Phi) is 3.23. The first-order chi connectivity index (χ1) is 8.09. The molecule has 0 aliphatic rings. The van der Waals surface area contributed by atoms with E-state index in [1.54, 1.807) is 4.90 Å². The summed E-state index contributed by atoms with van der Waals surface area (Å²) in [7, 11) is 0. The van der Waals surface area contributed by atoms with Gasteiger partial charge in [0, 0.05) is 6.04 Å². The van der Waals surface area contributed by atoms with Crippen LogP contribution in [0, 0.1) is 0 Å². The number of fused-ring (bicyclic) bond motifs is 1. The number of rotatable bonds is 4. The van der Waals surface area contributed by atoms with E-state index in [1.807, 2.05) is 25.3 Å². The molecule has 2 aromatic heterocycles. The van der Waals surface area contributed by atoms with Gasteiger partial charge in [0.25, 0.3) is 0 Å². The number of carboxylic acids is 1. The highest BCUT2D eigenvalue weighted by molar-refractivity contribution is 7.16. The summed E-state index contributed by atoms with van der Waals surface area (Å²) in [5.74, 6) is -0.172. The zero-order chi connectivity index (χ0) is 12.4. The van der Waals surface area contributed by atoms with Crippen molar-refractivity contribution in [2.45, 2.75) is 19.9 Å². The summed E-state index contributed by atoms with van der Waals surface area (Å²) in [5.41, 5.74) is 0. The van der Waals surface area contributed by atoms with Gasteiger partial charge in [-0.05, 0) is 25.3 Å². The fraction of sp³-hybridized carbons (Fsp3) is 0.364. The van der Waals surface area contributed by atoms with Crippen molar-refractivity contribution < 1.29 is 9.90 Å². The average Bonchev–Trinajstić information content (AvgIpc) is 2.73. The maximum Gasteiger partial charge on any atom is 0.323 e. The molecule has 0 fully saturated rings. The first-order valence-electron chi connectivity index (χ1n) is 5.26. The van der Waals surface area contributed by atoms with E-state index in [2.05, 4.69) is 9.97 Å². The first-order valence-corrected chi connectivity index (χ1v) is 6.14. The van der Waals surface area contributed by atoms with Crippen molar-refractivity contribution in [3.63, 3.8) is 0 Å². The normalized spacial score (nSPS) is 11.0. The van der Waals surface area contributed by atoms with E-state index in [1.165, 1.54) is 17.7 Å². The van der Waals surface area contributed by atoms with Gasteiger partial charge in [-0.2, -0.15) is 0 Å². The van der Waals surface area contributed by atoms with Crippen LogP contribution >= 0.6 is 11.3 Å². The summed E-state index contributed by atoms with van der Waals surface area (Å²) in [6, 6.07) is 2.00. The average molecular weight is 251 g/mol. The Balaban J connectivity index is 2.48. The first kappa shape index (κ1) is 11.8. The largest absolute Gasteiger partial charge is 0.480 e. The smallest absolute Gasteiger partial charge is 0.323 e. The van der Waals surface area contributed by atoms with Crippen LogP contribution < -0.4 is 4.90 Å². The Bertz CT molecular complexity index is 538. The molecule has 0 bridgehead atoms. The molecule has 2 aromatic rings. The van der Waals surface area contributed by atoms with Crippen LogP contribution in [-0.2, 0) is 4.79 Å². The molecule has 0 amide bonds. The third-order valence-corrected chi connectivity index (χ3v) is 3.26. The number of hydrogen-bond acceptors (Lipinski definition) is 5. The maximum absolute atomic E-state index is 10.9. The van der Waals surface area contributed by atoms with Crippen molar-refractivity contribution >= 4 is 33.3 Å². The van der Waals surface area contributed by atoms with Crippen molar-refractivity contribution in [2.24, 2.45) is 0 Å². The molecule has 0 saturated heterocycles. The highest BCUT2D eigenvalue weighted by Gasteiger charge is 2.18. The second-order valence-electron chi connectivity index (χ2n) is 3.95. The summed E-state index contributed by atoms with van der Waals surface area (Å²) >= 11 is 1.52. The minimum Gasteiger partial charge on any atom is -0.480 e. The molecule has 6 heteroatoms. The van der Waals surface area contributed by atoms with Crippen LogP contribution in [0.4, 0.5) is 5.82 Å². The van der Waals surface area contributed by atoms with Gasteiger partial charge in [-0.25, -0.2) is 9.97 Å². The molecular formula is C11H13N3O2S. The molecule has 0 aliphatic heterocycles. The number of thiophene rings is 1. The topological polar surface area (TPSA) is 66.3 Å². The van der Waals surface area contributed by atoms with Crippen LogP contribution in [0.5, 0.6) is 0 Å². The minimum absolute atomic E-state index is 0.0559. The van der Waals surface area contributed by atoms with Gasteiger partial charge in [0.1, 0.15) is 23.5 Å². The van der Waals surface area contributed by atoms with Crippen LogP contribution in [0.3, 0.4) is 0 Å². The fourth-order valence-electron chi connectivity index (χ4n) is 1.65. The molecule has 2 rings (SSSR count). The lowest BCUT2D eigenvalue weighted by atomic mass is 10.2. The Morgan fingerprint density at radius 2 is 2.29 bits per heavy atom. The summed E-state index contributed by atoms with van der Waals surface area (Å²) < 4.78 is 0. The maximum atomic E-state index is 10.9. The van der Waals surface area contributed by atoms with Gasteiger partial charge in [0.15, 0.2) is 0 Å². The lowest BCUT2D eigenvalue weighted by Crippen LogP contribution is -2.36. The van der Waals surface area contributed by atoms with Gasteiger partial charge in [-0.3, -0.25) is 4.79 Å². The molecule has 0 radical (unpaired) electrons. The SMILES string of the molecule is CC(C)N(CC(=O)O)c1ncnc2sccc12. The van der Waals surface area contributed by atoms with Crippen molar-refractivity contribution in [1.82, 2.24) is 9.97 Å². The number of nitrogens with zero attached hydrogens (tertiary/aromatic N) is 3. The number of aromatic nitrogens is 2. The van der Waals surface area contributed by atoms with Crippen LogP contribution in [0.2, 0.25) is 0 Å². The van der Waals surface area contributed by atoms with Gasteiger partial charge in [-0.15, -0.1) is 11.3 Å². The molecule has 90 valence electrons. The zero-order valence-electron chi connectivity index (χ0n) is 9.62. The van der Waals surface area contributed by atoms with Crippen molar-refractivity contribution in [1.29, 1.82) is 0 Å². The lowest BCUT2D eigenvalue weighted by molar-refractivity contribution is -0.135. The predicted octanol–water partition coefficient (Wildman–Crippen LogP) is 1.99. The monoisotopic (exact) mass is 251 g/mol. The Hall–Kier alpha value is -1.69. The number of hydrogen-bond donors (Lipinski definition) is 1. The third kappa shape index (κ3) is 2.36. The molecule has 0 atom stereocenters. The molecule has 17 heavy (non-hydrogen) atoms. The van der Waals surface area contributed by atoms with E-state index in [-0.39, 0.29) is 12.6 Å². The van der Waals surface area contributed by atoms with Crippen LogP contribution in [0.15, 0.2) is 17.8 Å². The second kappa shape index (κ2) is 4.67. The fourth-order valence-corrected chi connectivity index (χ4v) is 2.38. The molecule has 0 saturated carbocycles. The summed E-state index contributed by atoms with van der Waals surface area (Å²) in [5, 5.41) is 11.8. The highest BCUT2D eigenvalue weighted by atomic mass is 32.1. The number of aliphatic carboxylic acids is 1. The van der Waals surface area contributed by atoms with E-state index in [4.69, 9.17) is 5.11 Å². The van der Waals surface area contributed by atoms with Crippen LogP contribution in [-0.4, -0.2) is 33.6 Å². The Morgan fingerprint density at radius 3 is 2.94 bits per heavy atom. The molecule has 0 spiro atoms. The molecular weight excluding hydrogens is 238 g/mol. The zero-order valence-corrected chi connectivity index (χ0v) is 10.4. The molecule has 5 nitrogen and oxygen atoms in total. The van der Waals surface area contributed by atoms with E-state index < -0.39 is 5.97 Å². The van der Waals surface area contributed by atoms with Gasteiger partial charge in [0.05, 0.1) is 5.39 Å². The van der Waals surface area contributed by atoms with E-state index in [0.717, 1.165) is 10.2 Å². The van der Waals surface area contributed by atoms with E-state index >= 15 is 0 Å². The van der Waals surface area contributed by atoms with Gasteiger partial charge in [-0.1, -0.05) is 0 Å². The second-order valence-corrected chi connectivity index (χ2v) is 4.85. The van der Waals surface area contributed by atoms with E-state index in [9.17, 15) is 4.79 Å². The summed E-state index contributed by atoms with van der Waals surface area (Å²) in [6.45, 7) is 3.84. The third-order valence-electron chi connectivity index (χ3n) is 2.44. The molecule has 0 aliphatic carbocycles. The molecule has 2 heterocycles. The predicted molar refractivity (Wildman–Crippen MR) is 67.5 cm³/mol. The van der Waals surface area contributed by atoms with Gasteiger partial charge >= 0.3 is 5.97 Å². The van der Waals surface area contributed by atoms with Gasteiger partial charge in [0.2, 0.25) is 0 Å². The van der Waals surface area contributed by atoms with Crippen LogP contribution in [0.1, 0.15) is 13.8 Å². The molecule has 0 unspecified atom stereocenters. The summed E-state index contributed by atoms with van der Waals surface area (Å²) in [6.07, 6.45) is 1.48. The quantitative estimate of drug-likeness (QED) is 0.900. The van der Waals surface area contributed by atoms with E-state index in [0.29, 0.717) is 5.82 Å². The molecule has 1 N–H and O–H groups in total.